The molecule has 0 aromatic heterocycles. The quantitative estimate of drug-likeness (QED) is 0.400. The van der Waals surface area contributed by atoms with E-state index in [1.165, 1.54) is 34.5 Å². The number of carboxylic acid groups (broad SMARTS) is 1. The summed E-state index contributed by atoms with van der Waals surface area (Å²) in [6.07, 6.45) is 0.382. The second-order valence-electron chi connectivity index (χ2n) is 8.38. The van der Waals surface area contributed by atoms with Crippen molar-refractivity contribution in [2.24, 2.45) is 0 Å². The van der Waals surface area contributed by atoms with Gasteiger partial charge in [0.15, 0.2) is 0 Å². The van der Waals surface area contributed by atoms with Crippen LogP contribution in [0.2, 0.25) is 0 Å². The van der Waals surface area contributed by atoms with Crippen molar-refractivity contribution in [1.82, 2.24) is 5.32 Å². The van der Waals surface area contributed by atoms with Gasteiger partial charge < -0.3 is 15.2 Å². The first-order valence-corrected chi connectivity index (χ1v) is 11.1. The van der Waals surface area contributed by atoms with Gasteiger partial charge in [0.2, 0.25) is 0 Å². The van der Waals surface area contributed by atoms with Gasteiger partial charge in [-0.2, -0.15) is 0 Å². The van der Waals surface area contributed by atoms with Crippen LogP contribution in [0.4, 0.5) is 4.39 Å². The fourth-order valence-electron chi connectivity index (χ4n) is 4.67. The van der Waals surface area contributed by atoms with Gasteiger partial charge in [-0.05, 0) is 52.6 Å². The van der Waals surface area contributed by atoms with Gasteiger partial charge in [0.1, 0.15) is 17.7 Å². The second-order valence-corrected chi connectivity index (χ2v) is 8.38. The van der Waals surface area contributed by atoms with Crippen LogP contribution < -0.4 is 10.1 Å². The highest BCUT2D eigenvalue weighted by molar-refractivity contribution is 5.88. The molecule has 166 valence electrons. The van der Waals surface area contributed by atoms with Gasteiger partial charge >= 0.3 is 5.97 Å². The van der Waals surface area contributed by atoms with Crippen molar-refractivity contribution in [3.8, 4) is 5.75 Å². The average Bonchev–Trinajstić information content (AvgIpc) is 2.84. The SMILES string of the molecule is O=C(O)c1ccc(F)c(C2CC(CNCc3cccc4ccccc34)Oc3ccccc32)c1. The highest BCUT2D eigenvalue weighted by atomic mass is 19.1. The van der Waals surface area contributed by atoms with E-state index in [0.717, 1.165) is 5.56 Å². The molecular formula is C28H24FNO3. The van der Waals surface area contributed by atoms with Crippen LogP contribution in [0, 0.1) is 5.82 Å². The van der Waals surface area contributed by atoms with Crippen molar-refractivity contribution in [1.29, 1.82) is 0 Å². The third-order valence-electron chi connectivity index (χ3n) is 6.27. The van der Waals surface area contributed by atoms with E-state index in [2.05, 4.69) is 35.6 Å². The second kappa shape index (κ2) is 9.04. The summed E-state index contributed by atoms with van der Waals surface area (Å²) in [5, 5.41) is 15.3. The van der Waals surface area contributed by atoms with Crippen molar-refractivity contribution in [3.05, 3.63) is 113 Å². The molecule has 2 atom stereocenters. The Labute approximate surface area is 191 Å². The summed E-state index contributed by atoms with van der Waals surface area (Å²) in [6.45, 7) is 1.28. The Morgan fingerprint density at radius 1 is 0.970 bits per heavy atom. The Morgan fingerprint density at radius 3 is 2.64 bits per heavy atom. The first-order chi connectivity index (χ1) is 16.1. The Bertz CT molecular complexity index is 1310. The molecule has 1 heterocycles. The molecule has 0 fully saturated rings. The number of aromatic carboxylic acids is 1. The van der Waals surface area contributed by atoms with Crippen LogP contribution in [0.25, 0.3) is 10.8 Å². The number of nitrogens with one attached hydrogen (secondary N) is 1. The van der Waals surface area contributed by atoms with Crippen LogP contribution in [-0.4, -0.2) is 23.7 Å². The molecular weight excluding hydrogens is 417 g/mol. The number of halogens is 1. The summed E-state index contributed by atoms with van der Waals surface area (Å²) in [7, 11) is 0. The molecule has 2 N–H and O–H groups in total. The van der Waals surface area contributed by atoms with Crippen LogP contribution in [-0.2, 0) is 6.54 Å². The van der Waals surface area contributed by atoms with Crippen molar-refractivity contribution in [3.63, 3.8) is 0 Å². The third kappa shape index (κ3) is 4.32. The number of benzene rings is 4. The Balaban J connectivity index is 1.37. The molecule has 4 aromatic carbocycles. The lowest BCUT2D eigenvalue weighted by Crippen LogP contribution is -2.36. The van der Waals surface area contributed by atoms with Gasteiger partial charge in [-0.25, -0.2) is 9.18 Å². The zero-order chi connectivity index (χ0) is 22.8. The van der Waals surface area contributed by atoms with Gasteiger partial charge in [-0.1, -0.05) is 60.7 Å². The van der Waals surface area contributed by atoms with Gasteiger partial charge in [0, 0.05) is 24.6 Å². The number of hydrogen-bond donors (Lipinski definition) is 2. The Kier molecular flexibility index (Phi) is 5.80. The molecule has 4 nitrogen and oxygen atoms in total. The normalized spacial score (nSPS) is 17.4. The maximum absolute atomic E-state index is 14.8. The largest absolute Gasteiger partial charge is 0.489 e. The number of rotatable bonds is 6. The van der Waals surface area contributed by atoms with E-state index < -0.39 is 11.8 Å². The standard InChI is InChI=1S/C28H24FNO3/c29-26-13-12-19(28(31)32)14-25(26)24-15-21(33-27-11-4-3-10-23(24)27)17-30-16-20-8-5-7-18-6-1-2-9-22(18)20/h1-14,21,24,30H,15-17H2,(H,31,32). The van der Waals surface area contributed by atoms with E-state index in [-0.39, 0.29) is 17.6 Å². The predicted molar refractivity (Wildman–Crippen MR) is 126 cm³/mol. The molecule has 1 aliphatic rings. The minimum atomic E-state index is -1.06. The van der Waals surface area contributed by atoms with Crippen LogP contribution in [0.15, 0.2) is 84.9 Å². The number of fused-ring (bicyclic) bond motifs is 2. The molecule has 0 amide bonds. The zero-order valence-corrected chi connectivity index (χ0v) is 18.0. The van der Waals surface area contributed by atoms with Gasteiger partial charge in [0.05, 0.1) is 5.56 Å². The minimum Gasteiger partial charge on any atom is -0.489 e. The first-order valence-electron chi connectivity index (χ1n) is 11.1. The fraction of sp³-hybridized carbons (Fsp3) is 0.179. The fourth-order valence-corrected chi connectivity index (χ4v) is 4.67. The first kappa shape index (κ1) is 21.2. The predicted octanol–water partition coefficient (Wildman–Crippen LogP) is 5.75. The molecule has 5 rings (SSSR count). The smallest absolute Gasteiger partial charge is 0.335 e. The summed E-state index contributed by atoms with van der Waals surface area (Å²) < 4.78 is 21.0. The van der Waals surface area contributed by atoms with Crippen molar-refractivity contribution in [2.45, 2.75) is 25.0 Å². The zero-order valence-electron chi connectivity index (χ0n) is 18.0. The molecule has 0 aliphatic carbocycles. The van der Waals surface area contributed by atoms with E-state index in [1.54, 1.807) is 0 Å². The number of carbonyl (C=O) groups is 1. The average molecular weight is 442 g/mol. The number of carboxylic acids is 1. The lowest BCUT2D eigenvalue weighted by atomic mass is 9.83. The molecule has 0 saturated heterocycles. The molecule has 1 aliphatic heterocycles. The molecule has 5 heteroatoms. The summed E-state index contributed by atoms with van der Waals surface area (Å²) in [5.74, 6) is -1.03. The maximum atomic E-state index is 14.8. The number of hydrogen-bond acceptors (Lipinski definition) is 3. The van der Waals surface area contributed by atoms with Crippen molar-refractivity contribution in [2.75, 3.05) is 6.54 Å². The summed E-state index contributed by atoms with van der Waals surface area (Å²) in [4.78, 5) is 11.5. The van der Waals surface area contributed by atoms with Crippen LogP contribution in [0.1, 0.15) is 39.4 Å². The third-order valence-corrected chi connectivity index (χ3v) is 6.27. The Hall–Kier alpha value is -3.70. The molecule has 0 spiro atoms. The molecule has 0 radical (unpaired) electrons. The van der Waals surface area contributed by atoms with E-state index in [9.17, 15) is 14.3 Å². The van der Waals surface area contributed by atoms with E-state index in [4.69, 9.17) is 4.74 Å². The van der Waals surface area contributed by atoms with E-state index in [1.807, 2.05) is 36.4 Å². The molecule has 2 unspecified atom stereocenters. The number of para-hydroxylation sites is 1. The van der Waals surface area contributed by atoms with Crippen LogP contribution in [0.3, 0.4) is 0 Å². The van der Waals surface area contributed by atoms with Crippen LogP contribution in [0.5, 0.6) is 5.75 Å². The van der Waals surface area contributed by atoms with E-state index >= 15 is 0 Å². The maximum Gasteiger partial charge on any atom is 0.335 e. The summed E-state index contributed by atoms with van der Waals surface area (Å²) >= 11 is 0. The van der Waals surface area contributed by atoms with Crippen molar-refractivity contribution < 1.29 is 19.0 Å². The highest BCUT2D eigenvalue weighted by Crippen LogP contribution is 2.41. The molecule has 0 bridgehead atoms. The van der Waals surface area contributed by atoms with Crippen molar-refractivity contribution >= 4 is 16.7 Å². The van der Waals surface area contributed by atoms with Crippen LogP contribution >= 0.6 is 0 Å². The highest BCUT2D eigenvalue weighted by Gasteiger charge is 2.31. The number of ether oxygens (including phenoxy) is 1. The minimum absolute atomic E-state index is 0.0843. The molecule has 33 heavy (non-hydrogen) atoms. The van der Waals surface area contributed by atoms with Gasteiger partial charge in [-0.3, -0.25) is 0 Å². The Morgan fingerprint density at radius 2 is 1.76 bits per heavy atom. The van der Waals surface area contributed by atoms with E-state index in [0.29, 0.717) is 30.8 Å². The monoisotopic (exact) mass is 441 g/mol. The lowest BCUT2D eigenvalue weighted by molar-refractivity contribution is 0.0696. The molecule has 4 aromatic rings. The van der Waals surface area contributed by atoms with Gasteiger partial charge in [-0.15, -0.1) is 0 Å². The summed E-state index contributed by atoms with van der Waals surface area (Å²) in [6, 6.07) is 26.2. The summed E-state index contributed by atoms with van der Waals surface area (Å²) in [5.41, 5.74) is 2.57. The van der Waals surface area contributed by atoms with Gasteiger partial charge in [0.25, 0.3) is 0 Å². The molecule has 0 saturated carbocycles. The lowest BCUT2D eigenvalue weighted by Gasteiger charge is -2.33. The topological polar surface area (TPSA) is 58.6 Å².